The summed E-state index contributed by atoms with van der Waals surface area (Å²) in [6, 6.07) is 6.09. The fourth-order valence-corrected chi connectivity index (χ4v) is 1.99. The number of carbonyl (C=O) groups is 1. The van der Waals surface area contributed by atoms with Gasteiger partial charge in [0.1, 0.15) is 0 Å². The largest absolute Gasteiger partial charge is 0.324 e. The summed E-state index contributed by atoms with van der Waals surface area (Å²) in [6.07, 6.45) is 0.284. The molecule has 0 atom stereocenters. The van der Waals surface area contributed by atoms with Crippen LogP contribution in [-0.2, 0) is 10.2 Å². The van der Waals surface area contributed by atoms with Gasteiger partial charge in [0, 0.05) is 12.3 Å². The van der Waals surface area contributed by atoms with Gasteiger partial charge < -0.3 is 4.98 Å². The number of nitrogens with one attached hydrogen (secondary N) is 2. The van der Waals surface area contributed by atoms with E-state index in [1.165, 1.54) is 5.56 Å². The number of carbonyl (C=O) groups excluding carboxylic acids is 1. The molecule has 0 aliphatic carbocycles. The number of fused-ring (bicyclic) bond motifs is 1. The number of alkyl halides is 1. The van der Waals surface area contributed by atoms with Crippen molar-refractivity contribution in [3.8, 4) is 0 Å². The molecule has 19 heavy (non-hydrogen) atoms. The Labute approximate surface area is 117 Å². The maximum atomic E-state index is 11.5. The third-order valence-electron chi connectivity index (χ3n) is 2.93. The highest BCUT2D eigenvalue weighted by atomic mass is 35.5. The fraction of sp³-hybridized carbons (Fsp3) is 0.429. The number of benzene rings is 1. The van der Waals surface area contributed by atoms with Crippen molar-refractivity contribution in [1.82, 2.24) is 9.97 Å². The molecule has 5 heteroatoms. The summed E-state index contributed by atoms with van der Waals surface area (Å²) in [5.41, 5.74) is 3.08. The van der Waals surface area contributed by atoms with Gasteiger partial charge >= 0.3 is 0 Å². The summed E-state index contributed by atoms with van der Waals surface area (Å²) >= 11 is 5.52. The van der Waals surface area contributed by atoms with E-state index in [1.807, 2.05) is 6.07 Å². The number of rotatable bonds is 3. The molecule has 1 aromatic heterocycles. The Kier molecular flexibility index (Phi) is 3.80. The highest BCUT2D eigenvalue weighted by Crippen LogP contribution is 2.25. The van der Waals surface area contributed by atoms with Crippen LogP contribution in [0.5, 0.6) is 0 Å². The van der Waals surface area contributed by atoms with Crippen LogP contribution >= 0.6 is 11.6 Å². The minimum absolute atomic E-state index is 0.0847. The quantitative estimate of drug-likeness (QED) is 0.846. The molecule has 0 aliphatic heterocycles. The number of H-pyrrole nitrogens is 1. The van der Waals surface area contributed by atoms with Crippen molar-refractivity contribution in [3.63, 3.8) is 0 Å². The first-order valence-corrected chi connectivity index (χ1v) is 6.79. The van der Waals surface area contributed by atoms with Crippen molar-refractivity contribution < 1.29 is 4.79 Å². The second kappa shape index (κ2) is 5.21. The van der Waals surface area contributed by atoms with E-state index in [9.17, 15) is 4.79 Å². The molecule has 1 aromatic carbocycles. The van der Waals surface area contributed by atoms with Gasteiger partial charge in [0.25, 0.3) is 0 Å². The van der Waals surface area contributed by atoms with Crippen molar-refractivity contribution in [2.24, 2.45) is 0 Å². The van der Waals surface area contributed by atoms with Crippen molar-refractivity contribution >= 4 is 34.5 Å². The van der Waals surface area contributed by atoms with Gasteiger partial charge in [0.05, 0.1) is 11.0 Å². The van der Waals surface area contributed by atoms with Crippen molar-refractivity contribution in [1.29, 1.82) is 0 Å². The molecule has 102 valence electrons. The molecule has 0 unspecified atom stereocenters. The molecule has 0 saturated heterocycles. The Bertz CT molecular complexity index is 598. The Balaban J connectivity index is 2.28. The second-order valence-corrected chi connectivity index (χ2v) is 5.93. The SMILES string of the molecule is CC(C)(C)c1ccc2nc(NC(=O)CCCl)[nH]c2c1. The summed E-state index contributed by atoms with van der Waals surface area (Å²) in [6.45, 7) is 6.48. The zero-order chi connectivity index (χ0) is 14.0. The number of hydrogen-bond acceptors (Lipinski definition) is 2. The summed E-state index contributed by atoms with van der Waals surface area (Å²) in [5.74, 6) is 0.640. The number of halogens is 1. The lowest BCUT2D eigenvalue weighted by Gasteiger charge is -2.18. The lowest BCUT2D eigenvalue weighted by Crippen LogP contribution is -2.12. The molecule has 0 radical (unpaired) electrons. The van der Waals surface area contributed by atoms with Gasteiger partial charge in [-0.25, -0.2) is 4.98 Å². The predicted molar refractivity (Wildman–Crippen MR) is 78.8 cm³/mol. The van der Waals surface area contributed by atoms with Crippen LogP contribution in [0.1, 0.15) is 32.8 Å². The van der Waals surface area contributed by atoms with E-state index in [4.69, 9.17) is 11.6 Å². The van der Waals surface area contributed by atoms with Crippen LogP contribution in [0.3, 0.4) is 0 Å². The van der Waals surface area contributed by atoms with Crippen LogP contribution in [0, 0.1) is 0 Å². The van der Waals surface area contributed by atoms with E-state index in [-0.39, 0.29) is 17.7 Å². The molecule has 0 spiro atoms. The Morgan fingerprint density at radius 1 is 1.42 bits per heavy atom. The summed E-state index contributed by atoms with van der Waals surface area (Å²) in [7, 11) is 0. The average molecular weight is 280 g/mol. The number of aromatic nitrogens is 2. The molecule has 2 rings (SSSR count). The molecular formula is C14H18ClN3O. The van der Waals surface area contributed by atoms with Crippen LogP contribution in [0.15, 0.2) is 18.2 Å². The first kappa shape index (κ1) is 13.9. The van der Waals surface area contributed by atoms with Gasteiger partial charge in [-0.2, -0.15) is 0 Å². The molecule has 1 heterocycles. The highest BCUT2D eigenvalue weighted by Gasteiger charge is 2.15. The van der Waals surface area contributed by atoms with Gasteiger partial charge in [-0.05, 0) is 23.1 Å². The number of aromatic amines is 1. The van der Waals surface area contributed by atoms with Crippen molar-refractivity contribution in [2.45, 2.75) is 32.6 Å². The summed E-state index contributed by atoms with van der Waals surface area (Å²) in [5, 5.41) is 2.70. The smallest absolute Gasteiger partial charge is 0.227 e. The van der Waals surface area contributed by atoms with E-state index >= 15 is 0 Å². The van der Waals surface area contributed by atoms with Crippen LogP contribution in [-0.4, -0.2) is 21.8 Å². The molecule has 2 aromatic rings. The Hall–Kier alpha value is -1.55. The number of nitrogens with zero attached hydrogens (tertiary/aromatic N) is 1. The number of amides is 1. The molecule has 2 N–H and O–H groups in total. The standard InChI is InChI=1S/C14H18ClN3O/c1-14(2,3)9-4-5-10-11(8-9)17-13(16-10)18-12(19)6-7-15/h4-5,8H,6-7H2,1-3H3,(H2,16,17,18,19). The maximum Gasteiger partial charge on any atom is 0.227 e. The second-order valence-electron chi connectivity index (χ2n) is 5.55. The highest BCUT2D eigenvalue weighted by molar-refractivity contribution is 6.19. The van der Waals surface area contributed by atoms with Crippen LogP contribution in [0.2, 0.25) is 0 Å². The van der Waals surface area contributed by atoms with Crippen LogP contribution < -0.4 is 5.32 Å². The predicted octanol–water partition coefficient (Wildman–Crippen LogP) is 3.43. The van der Waals surface area contributed by atoms with Crippen molar-refractivity contribution in [2.75, 3.05) is 11.2 Å². The van der Waals surface area contributed by atoms with E-state index in [1.54, 1.807) is 0 Å². The fourth-order valence-electron chi connectivity index (χ4n) is 1.82. The van der Waals surface area contributed by atoms with E-state index < -0.39 is 0 Å². The minimum atomic E-state index is -0.134. The Morgan fingerprint density at radius 3 is 2.79 bits per heavy atom. The van der Waals surface area contributed by atoms with Crippen LogP contribution in [0.25, 0.3) is 11.0 Å². The van der Waals surface area contributed by atoms with E-state index in [0.717, 1.165) is 11.0 Å². The number of hydrogen-bond donors (Lipinski definition) is 2. The van der Waals surface area contributed by atoms with E-state index in [0.29, 0.717) is 11.8 Å². The zero-order valence-electron chi connectivity index (χ0n) is 11.4. The first-order valence-electron chi connectivity index (χ1n) is 6.26. The molecular weight excluding hydrogens is 262 g/mol. The first-order chi connectivity index (χ1) is 8.90. The maximum absolute atomic E-state index is 11.5. The molecule has 4 nitrogen and oxygen atoms in total. The summed E-state index contributed by atoms with van der Waals surface area (Å²) < 4.78 is 0. The number of imidazole rings is 1. The van der Waals surface area contributed by atoms with Crippen LogP contribution in [0.4, 0.5) is 5.95 Å². The normalized spacial score (nSPS) is 11.8. The lowest BCUT2D eigenvalue weighted by atomic mass is 9.87. The molecule has 0 aliphatic rings. The van der Waals surface area contributed by atoms with Gasteiger partial charge in [0.15, 0.2) is 0 Å². The molecule has 0 bridgehead atoms. The van der Waals surface area contributed by atoms with Gasteiger partial charge in [-0.3, -0.25) is 10.1 Å². The zero-order valence-corrected chi connectivity index (χ0v) is 12.1. The third-order valence-corrected chi connectivity index (χ3v) is 3.12. The van der Waals surface area contributed by atoms with E-state index in [2.05, 4.69) is 48.2 Å². The van der Waals surface area contributed by atoms with Crippen molar-refractivity contribution in [3.05, 3.63) is 23.8 Å². The van der Waals surface area contributed by atoms with Gasteiger partial charge in [-0.1, -0.05) is 26.8 Å². The Morgan fingerprint density at radius 2 is 2.16 bits per heavy atom. The molecule has 0 saturated carbocycles. The monoisotopic (exact) mass is 279 g/mol. The lowest BCUT2D eigenvalue weighted by molar-refractivity contribution is -0.115. The average Bonchev–Trinajstić information content (AvgIpc) is 2.68. The minimum Gasteiger partial charge on any atom is -0.324 e. The topological polar surface area (TPSA) is 57.8 Å². The third kappa shape index (κ3) is 3.26. The number of anilines is 1. The molecule has 1 amide bonds. The van der Waals surface area contributed by atoms with Gasteiger partial charge in [-0.15, -0.1) is 11.6 Å². The van der Waals surface area contributed by atoms with Gasteiger partial charge in [0.2, 0.25) is 11.9 Å². The summed E-state index contributed by atoms with van der Waals surface area (Å²) in [4.78, 5) is 18.9. The molecule has 0 fully saturated rings.